The van der Waals surface area contributed by atoms with Crippen LogP contribution in [0.1, 0.15) is 15.9 Å². The minimum atomic E-state index is -6.35. The van der Waals surface area contributed by atoms with Crippen LogP contribution >= 0.6 is 0 Å². The summed E-state index contributed by atoms with van der Waals surface area (Å²) in [6, 6.07) is 3.66. The van der Waals surface area contributed by atoms with E-state index in [1.54, 1.807) is 0 Å². The minimum Gasteiger partial charge on any atom is -0.435 e. The highest BCUT2D eigenvalue weighted by molar-refractivity contribution is 7.85. The first-order valence-electron chi connectivity index (χ1n) is 6.96. The van der Waals surface area contributed by atoms with Gasteiger partial charge < -0.3 is 4.74 Å². The molecule has 0 heterocycles. The van der Waals surface area contributed by atoms with Crippen molar-refractivity contribution in [2.75, 3.05) is 5.75 Å². The van der Waals surface area contributed by atoms with Crippen LogP contribution in [-0.2, 0) is 21.2 Å². The second-order valence-corrected chi connectivity index (χ2v) is 6.85. The van der Waals surface area contributed by atoms with Crippen LogP contribution in [0, 0.1) is 0 Å². The van der Waals surface area contributed by atoms with Crippen molar-refractivity contribution in [1.29, 1.82) is 0 Å². The third-order valence-electron chi connectivity index (χ3n) is 3.55. The molecule has 1 N–H and O–H groups in total. The first-order valence-corrected chi connectivity index (χ1v) is 8.57. The lowest BCUT2D eigenvalue weighted by atomic mass is 9.81. The van der Waals surface area contributed by atoms with Gasteiger partial charge in [0, 0.05) is 0 Å². The van der Waals surface area contributed by atoms with E-state index in [0.717, 1.165) is 6.07 Å². The number of hydrogen-bond donors (Lipinski definition) is 1. The lowest BCUT2D eigenvalue weighted by Crippen LogP contribution is -2.63. The van der Waals surface area contributed by atoms with Crippen LogP contribution in [-0.4, -0.2) is 58.3 Å². The maximum atomic E-state index is 13.2. The molecule has 144 valence electrons. The van der Waals surface area contributed by atoms with Crippen molar-refractivity contribution in [3.8, 4) is 0 Å². The van der Waals surface area contributed by atoms with Crippen molar-refractivity contribution < 1.29 is 48.8 Å². The molecule has 0 fully saturated rings. The lowest BCUT2D eigenvalue weighted by Gasteiger charge is -2.35. The van der Waals surface area contributed by atoms with Gasteiger partial charge in [-0.2, -0.15) is 34.8 Å². The Morgan fingerprint density at radius 1 is 1.12 bits per heavy atom. The molecule has 0 saturated heterocycles. The van der Waals surface area contributed by atoms with Crippen LogP contribution in [0.3, 0.4) is 0 Å². The Morgan fingerprint density at radius 3 is 2.00 bits per heavy atom. The van der Waals surface area contributed by atoms with E-state index in [0.29, 0.717) is 5.46 Å². The fourth-order valence-corrected chi connectivity index (χ4v) is 3.20. The highest BCUT2D eigenvalue weighted by Gasteiger charge is 2.76. The maximum Gasteiger partial charge on any atom is 0.438 e. The monoisotopic (exact) mass is 404 g/mol. The Kier molecular flexibility index (Phi) is 6.14. The molecule has 26 heavy (non-hydrogen) atoms. The number of benzene rings is 1. The van der Waals surface area contributed by atoms with Gasteiger partial charge in [-0.05, 0) is 11.6 Å². The first kappa shape index (κ1) is 22.4. The van der Waals surface area contributed by atoms with Crippen LogP contribution in [0.2, 0.25) is 0 Å². The van der Waals surface area contributed by atoms with Crippen molar-refractivity contribution in [3.05, 3.63) is 29.3 Å². The van der Waals surface area contributed by atoms with E-state index in [4.69, 9.17) is 4.55 Å². The fraction of sp³-hybridized carbons (Fsp3) is 0.417. The Hall–Kier alpha value is -1.69. The molecule has 14 heteroatoms. The van der Waals surface area contributed by atoms with Crippen LogP contribution < -0.4 is 5.46 Å². The van der Waals surface area contributed by atoms with Gasteiger partial charge in [0.15, 0.2) is 0 Å². The van der Waals surface area contributed by atoms with Crippen LogP contribution in [0.25, 0.3) is 0 Å². The van der Waals surface area contributed by atoms with Gasteiger partial charge in [-0.25, -0.2) is 4.79 Å². The Morgan fingerprint density at radius 2 is 1.62 bits per heavy atom. The van der Waals surface area contributed by atoms with Gasteiger partial charge in [0.2, 0.25) is 0 Å². The molecule has 0 amide bonds. The average molecular weight is 404 g/mol. The van der Waals surface area contributed by atoms with Gasteiger partial charge in [0.05, 0.1) is 5.56 Å². The molecule has 0 aliphatic carbocycles. The molecule has 0 saturated carbocycles. The standard InChI is InChI=1S/C12H12B2F6O5S/c13-4-7-6(2-1-3-8(7)14)9(21)25-10(11(15,16)17,12(18,19)20)5-26(22,23)24/h1-3H,4-5,13-14H2,(H,22,23,24). The summed E-state index contributed by atoms with van der Waals surface area (Å²) in [4.78, 5) is 12.1. The number of carbonyl (C=O) groups is 1. The van der Waals surface area contributed by atoms with E-state index in [-0.39, 0.29) is 11.9 Å². The van der Waals surface area contributed by atoms with Crippen LogP contribution in [0.4, 0.5) is 26.3 Å². The topological polar surface area (TPSA) is 80.7 Å². The summed E-state index contributed by atoms with van der Waals surface area (Å²) in [7, 11) is -2.82. The van der Waals surface area contributed by atoms with Crippen LogP contribution in [0.15, 0.2) is 18.2 Å². The molecule has 0 radical (unpaired) electrons. The van der Waals surface area contributed by atoms with E-state index in [1.807, 2.05) is 0 Å². The molecular weight excluding hydrogens is 392 g/mol. The van der Waals surface area contributed by atoms with Gasteiger partial charge in [-0.1, -0.05) is 23.9 Å². The normalized spacial score (nSPS) is 13.5. The van der Waals surface area contributed by atoms with E-state index < -0.39 is 45.4 Å². The molecule has 1 aromatic carbocycles. The van der Waals surface area contributed by atoms with Gasteiger partial charge in [0.1, 0.15) is 21.4 Å². The number of carbonyl (C=O) groups excluding carboxylic acids is 1. The smallest absolute Gasteiger partial charge is 0.435 e. The zero-order chi connectivity index (χ0) is 20.6. The highest BCUT2D eigenvalue weighted by Crippen LogP contribution is 2.47. The second-order valence-electron chi connectivity index (χ2n) is 5.39. The molecule has 1 rings (SSSR count). The van der Waals surface area contributed by atoms with Crippen LogP contribution in [0.5, 0.6) is 0 Å². The number of alkyl halides is 6. The fourth-order valence-electron chi connectivity index (χ4n) is 2.30. The van der Waals surface area contributed by atoms with E-state index in [1.165, 1.54) is 27.8 Å². The zero-order valence-electron chi connectivity index (χ0n) is 13.4. The van der Waals surface area contributed by atoms with Gasteiger partial charge in [-0.3, -0.25) is 4.55 Å². The maximum absolute atomic E-state index is 13.2. The summed E-state index contributed by atoms with van der Waals surface area (Å²) in [5.41, 5.74) is -5.43. The van der Waals surface area contributed by atoms with Crippen molar-refractivity contribution >= 4 is 37.2 Å². The third-order valence-corrected chi connectivity index (χ3v) is 4.32. The first-order chi connectivity index (χ1) is 11.6. The van der Waals surface area contributed by atoms with E-state index >= 15 is 0 Å². The predicted molar refractivity (Wildman–Crippen MR) is 83.5 cm³/mol. The van der Waals surface area contributed by atoms with Gasteiger partial charge in [-0.15, -0.1) is 0 Å². The number of ether oxygens (including phenoxy) is 1. The van der Waals surface area contributed by atoms with Gasteiger partial charge >= 0.3 is 23.9 Å². The summed E-state index contributed by atoms with van der Waals surface area (Å²) < 4.78 is 113. The molecule has 0 unspecified atom stereocenters. The molecule has 5 nitrogen and oxygen atoms in total. The molecule has 0 aliphatic heterocycles. The number of esters is 1. The molecule has 0 aliphatic rings. The van der Waals surface area contributed by atoms with Crippen molar-refractivity contribution in [2.45, 2.75) is 24.3 Å². The average Bonchev–Trinajstić information content (AvgIpc) is 2.42. The minimum absolute atomic E-state index is 0.0977. The van der Waals surface area contributed by atoms with Crippen molar-refractivity contribution in [3.63, 3.8) is 0 Å². The summed E-state index contributed by atoms with van der Waals surface area (Å²) in [5.74, 6) is -4.92. The molecule has 1 aromatic rings. The second kappa shape index (κ2) is 7.14. The number of rotatable bonds is 5. The Balaban J connectivity index is 3.56. The van der Waals surface area contributed by atoms with Gasteiger partial charge in [0.25, 0.3) is 10.1 Å². The molecular formula is C12H12B2F6O5S. The SMILES string of the molecule is BCc1c(B)cccc1C(=O)OC(CS(=O)(=O)O)(C(F)(F)F)C(F)(F)F. The molecule has 0 atom stereocenters. The van der Waals surface area contributed by atoms with E-state index in [9.17, 15) is 39.6 Å². The lowest BCUT2D eigenvalue weighted by molar-refractivity contribution is -0.356. The summed E-state index contributed by atoms with van der Waals surface area (Å²) in [6.07, 6.45) is -12.6. The number of halogens is 6. The largest absolute Gasteiger partial charge is 0.438 e. The Labute approximate surface area is 146 Å². The number of hydrogen-bond acceptors (Lipinski definition) is 4. The predicted octanol–water partition coefficient (Wildman–Crippen LogP) is -0.0139. The van der Waals surface area contributed by atoms with Crippen molar-refractivity contribution in [1.82, 2.24) is 0 Å². The molecule has 0 spiro atoms. The van der Waals surface area contributed by atoms with E-state index in [2.05, 4.69) is 4.74 Å². The van der Waals surface area contributed by atoms with Crippen molar-refractivity contribution in [2.24, 2.45) is 0 Å². The zero-order valence-corrected chi connectivity index (χ0v) is 14.2. The third kappa shape index (κ3) is 4.53. The summed E-state index contributed by atoms with van der Waals surface area (Å²) >= 11 is 0. The Bertz CT molecular complexity index is 776. The summed E-state index contributed by atoms with van der Waals surface area (Å²) in [6.45, 7) is 0. The molecule has 0 aromatic heterocycles. The quantitative estimate of drug-likeness (QED) is 0.323. The summed E-state index contributed by atoms with van der Waals surface area (Å²) in [5, 5.41) is 0. The molecule has 0 bridgehead atoms. The highest BCUT2D eigenvalue weighted by atomic mass is 32.2.